The van der Waals surface area contributed by atoms with Crippen LogP contribution in [0.5, 0.6) is 0 Å². The van der Waals surface area contributed by atoms with Crippen molar-refractivity contribution in [3.8, 4) is 55.6 Å². The average molecular weight is 890 g/mol. The summed E-state index contributed by atoms with van der Waals surface area (Å²) in [6, 6.07) is 105. The number of nitrogens with zero attached hydrogens (tertiary/aromatic N) is 1. The van der Waals surface area contributed by atoms with Crippen molar-refractivity contribution in [2.24, 2.45) is 0 Å². The second kappa shape index (κ2) is 17.2. The van der Waals surface area contributed by atoms with Crippen LogP contribution in [0, 0.1) is 0 Å². The van der Waals surface area contributed by atoms with Gasteiger partial charge in [0, 0.05) is 16.9 Å². The summed E-state index contributed by atoms with van der Waals surface area (Å²) in [5.41, 5.74) is 19.9. The van der Waals surface area contributed by atoms with Gasteiger partial charge in [0.15, 0.2) is 0 Å². The van der Waals surface area contributed by atoms with Crippen LogP contribution in [0.3, 0.4) is 0 Å². The number of fused-ring (bicyclic) bond motifs is 6. The van der Waals surface area contributed by atoms with Gasteiger partial charge in [0.2, 0.25) is 0 Å². The van der Waals surface area contributed by atoms with Gasteiger partial charge in [0.05, 0.1) is 11.1 Å². The molecule has 0 N–H and O–H groups in total. The van der Waals surface area contributed by atoms with Crippen LogP contribution < -0.4 is 4.90 Å². The maximum absolute atomic E-state index is 2.51. The van der Waals surface area contributed by atoms with Gasteiger partial charge in [0.25, 0.3) is 0 Å². The molecule has 0 atom stereocenters. The van der Waals surface area contributed by atoms with Crippen molar-refractivity contribution in [3.63, 3.8) is 0 Å². The molecular formula is C69H47N. The molecule has 0 aliphatic heterocycles. The van der Waals surface area contributed by atoms with Crippen LogP contribution in [0.15, 0.2) is 285 Å². The van der Waals surface area contributed by atoms with E-state index in [1.165, 1.54) is 99.4 Å². The molecule has 0 heterocycles. The predicted octanol–water partition coefficient (Wildman–Crippen LogP) is 18.5. The van der Waals surface area contributed by atoms with Gasteiger partial charge in [-0.3, -0.25) is 0 Å². The van der Waals surface area contributed by atoms with Gasteiger partial charge in [-0.15, -0.1) is 0 Å². The lowest BCUT2D eigenvalue weighted by Crippen LogP contribution is -2.28. The maximum atomic E-state index is 2.51. The predicted molar refractivity (Wildman–Crippen MR) is 295 cm³/mol. The van der Waals surface area contributed by atoms with E-state index >= 15 is 0 Å². The van der Waals surface area contributed by atoms with E-state index in [4.69, 9.17) is 0 Å². The van der Waals surface area contributed by atoms with Crippen molar-refractivity contribution < 1.29 is 0 Å². The molecule has 1 nitrogen and oxygen atoms in total. The molecule has 0 fully saturated rings. The molecule has 0 radical (unpaired) electrons. The standard InChI is InChI=1S/C69H47N/c1-6-21-48(22-7-1)49-37-39-50(40-38-49)51-41-43-56(44-42-51)70(65-36-20-35-64-68(65)61-33-18-19-34-63(61)69(64,54-27-12-4-13-28-54)55-29-14-5-15-30-55)57-45-46-59-58-31-16-17-32-60(58)66(52-23-8-2-9-24-52)67(62(59)47-57)53-25-10-3-11-26-53/h1-47H. The molecule has 70 heavy (non-hydrogen) atoms. The summed E-state index contributed by atoms with van der Waals surface area (Å²) in [6.45, 7) is 0. The van der Waals surface area contributed by atoms with Crippen molar-refractivity contribution in [2.75, 3.05) is 4.90 Å². The summed E-state index contributed by atoms with van der Waals surface area (Å²) in [5, 5.41) is 4.91. The summed E-state index contributed by atoms with van der Waals surface area (Å²) in [6.07, 6.45) is 0. The Balaban J connectivity index is 1.08. The molecule has 0 saturated carbocycles. The largest absolute Gasteiger partial charge is 0.310 e. The third-order valence-electron chi connectivity index (χ3n) is 14.5. The van der Waals surface area contributed by atoms with Crippen molar-refractivity contribution >= 4 is 38.6 Å². The van der Waals surface area contributed by atoms with E-state index < -0.39 is 5.41 Å². The minimum Gasteiger partial charge on any atom is -0.310 e. The first-order chi connectivity index (χ1) is 34.8. The zero-order valence-corrected chi connectivity index (χ0v) is 38.6. The first kappa shape index (κ1) is 41.2. The summed E-state index contributed by atoms with van der Waals surface area (Å²) in [7, 11) is 0. The molecule has 12 aromatic carbocycles. The normalized spacial score (nSPS) is 12.4. The summed E-state index contributed by atoms with van der Waals surface area (Å²) in [4.78, 5) is 2.51. The molecule has 0 saturated heterocycles. The van der Waals surface area contributed by atoms with Crippen molar-refractivity contribution in [1.29, 1.82) is 0 Å². The third-order valence-corrected chi connectivity index (χ3v) is 14.5. The van der Waals surface area contributed by atoms with Gasteiger partial charge < -0.3 is 4.90 Å². The van der Waals surface area contributed by atoms with Crippen LogP contribution in [0.25, 0.3) is 77.2 Å². The van der Waals surface area contributed by atoms with Crippen molar-refractivity contribution in [2.45, 2.75) is 5.41 Å². The maximum Gasteiger partial charge on any atom is 0.0714 e. The van der Waals surface area contributed by atoms with Crippen LogP contribution in [0.1, 0.15) is 22.3 Å². The molecule has 328 valence electrons. The fourth-order valence-electron chi connectivity index (χ4n) is 11.5. The highest BCUT2D eigenvalue weighted by molar-refractivity contribution is 6.22. The van der Waals surface area contributed by atoms with E-state index in [0.29, 0.717) is 0 Å². The second-order valence-corrected chi connectivity index (χ2v) is 18.3. The highest BCUT2D eigenvalue weighted by Crippen LogP contribution is 2.60. The topological polar surface area (TPSA) is 3.24 Å². The van der Waals surface area contributed by atoms with Gasteiger partial charge in [0.1, 0.15) is 0 Å². The Morgan fingerprint density at radius 1 is 0.243 bits per heavy atom. The summed E-state index contributed by atoms with van der Waals surface area (Å²) in [5.74, 6) is 0. The van der Waals surface area contributed by atoms with Gasteiger partial charge >= 0.3 is 0 Å². The second-order valence-electron chi connectivity index (χ2n) is 18.3. The van der Waals surface area contributed by atoms with Gasteiger partial charge in [-0.1, -0.05) is 255 Å². The van der Waals surface area contributed by atoms with Gasteiger partial charge in [-0.05, 0) is 124 Å². The Morgan fingerprint density at radius 3 is 1.24 bits per heavy atom. The first-order valence-electron chi connectivity index (χ1n) is 24.3. The third kappa shape index (κ3) is 6.70. The molecular weight excluding hydrogens is 843 g/mol. The molecule has 0 unspecified atom stereocenters. The number of hydrogen-bond donors (Lipinski definition) is 0. The van der Waals surface area contributed by atoms with E-state index in [0.717, 1.165) is 17.1 Å². The minimum atomic E-state index is -0.542. The molecule has 1 aliphatic rings. The van der Waals surface area contributed by atoms with Crippen LogP contribution in [-0.2, 0) is 5.41 Å². The van der Waals surface area contributed by atoms with Crippen LogP contribution in [-0.4, -0.2) is 0 Å². The lowest BCUT2D eigenvalue weighted by Gasteiger charge is -2.34. The Hall–Kier alpha value is -9.04. The van der Waals surface area contributed by atoms with E-state index in [1.807, 2.05) is 0 Å². The number of benzene rings is 12. The summed E-state index contributed by atoms with van der Waals surface area (Å²) >= 11 is 0. The van der Waals surface area contributed by atoms with E-state index in [-0.39, 0.29) is 0 Å². The zero-order chi connectivity index (χ0) is 46.4. The highest BCUT2D eigenvalue weighted by atomic mass is 15.1. The molecule has 0 spiro atoms. The lowest BCUT2D eigenvalue weighted by atomic mass is 9.68. The number of rotatable bonds is 9. The molecule has 0 aromatic heterocycles. The molecule has 13 rings (SSSR count). The number of hydrogen-bond acceptors (Lipinski definition) is 1. The van der Waals surface area contributed by atoms with E-state index in [9.17, 15) is 0 Å². The highest BCUT2D eigenvalue weighted by Gasteiger charge is 2.47. The molecule has 1 heteroatoms. The zero-order valence-electron chi connectivity index (χ0n) is 38.6. The quantitative estimate of drug-likeness (QED) is 0.131. The number of anilines is 3. The van der Waals surface area contributed by atoms with Crippen molar-refractivity contribution in [3.05, 3.63) is 307 Å². The smallest absolute Gasteiger partial charge is 0.0714 e. The molecule has 0 amide bonds. The van der Waals surface area contributed by atoms with Gasteiger partial charge in [-0.25, -0.2) is 0 Å². The molecule has 0 bridgehead atoms. The first-order valence-corrected chi connectivity index (χ1v) is 24.3. The summed E-state index contributed by atoms with van der Waals surface area (Å²) < 4.78 is 0. The molecule has 1 aliphatic carbocycles. The fraction of sp³-hybridized carbons (Fsp3) is 0.0145. The van der Waals surface area contributed by atoms with Gasteiger partial charge in [-0.2, -0.15) is 0 Å². The minimum absolute atomic E-state index is 0.542. The lowest BCUT2D eigenvalue weighted by molar-refractivity contribution is 0.768. The van der Waals surface area contributed by atoms with Crippen LogP contribution in [0.4, 0.5) is 17.1 Å². The monoisotopic (exact) mass is 889 g/mol. The SMILES string of the molecule is c1ccc(-c2ccc(-c3ccc(N(c4ccc5c(c4)c(-c4ccccc4)c(-c4ccccc4)c4ccccc45)c4cccc5c4-c4ccccc4C5(c4ccccc4)c4ccccc4)cc3)cc2)cc1. The van der Waals surface area contributed by atoms with Crippen LogP contribution in [0.2, 0.25) is 0 Å². The van der Waals surface area contributed by atoms with Crippen LogP contribution >= 0.6 is 0 Å². The Kier molecular flexibility index (Phi) is 10.1. The fourth-order valence-corrected chi connectivity index (χ4v) is 11.5. The average Bonchev–Trinajstić information content (AvgIpc) is 3.76. The Morgan fingerprint density at radius 2 is 0.657 bits per heavy atom. The van der Waals surface area contributed by atoms with E-state index in [2.05, 4.69) is 290 Å². The van der Waals surface area contributed by atoms with E-state index in [1.54, 1.807) is 0 Å². The molecule has 12 aromatic rings. The Labute approximate surface area is 409 Å². The van der Waals surface area contributed by atoms with Crippen molar-refractivity contribution in [1.82, 2.24) is 0 Å². The Bertz CT molecular complexity index is 3790.